The molecular formula is C28H52O6. The first-order chi connectivity index (χ1) is 16.7. The van der Waals surface area contributed by atoms with Gasteiger partial charge in [0, 0.05) is 0 Å². The molecule has 0 spiro atoms. The van der Waals surface area contributed by atoms with Crippen molar-refractivity contribution in [3.8, 4) is 0 Å². The molecule has 2 rings (SSSR count). The van der Waals surface area contributed by atoms with E-state index < -0.39 is 0 Å². The first-order valence-corrected chi connectivity index (χ1v) is 14.4. The molecule has 2 aliphatic heterocycles. The van der Waals surface area contributed by atoms with Crippen LogP contribution in [0, 0.1) is 0 Å². The predicted molar refractivity (Wildman–Crippen MR) is 134 cm³/mol. The van der Waals surface area contributed by atoms with Crippen LogP contribution in [0.15, 0.2) is 0 Å². The van der Waals surface area contributed by atoms with E-state index in [-0.39, 0.29) is 37.2 Å². The number of carbonyl (C=O) groups is 1. The molecule has 0 aromatic heterocycles. The Bertz CT molecular complexity index is 499. The first-order valence-electron chi connectivity index (χ1n) is 14.4. The van der Waals surface area contributed by atoms with Crippen LogP contribution in [0.1, 0.15) is 135 Å². The maximum atomic E-state index is 11.3. The van der Waals surface area contributed by atoms with Gasteiger partial charge in [0.15, 0.2) is 12.9 Å². The fourth-order valence-corrected chi connectivity index (χ4v) is 5.09. The summed E-state index contributed by atoms with van der Waals surface area (Å²) in [7, 11) is 0. The first kappa shape index (κ1) is 29.5. The van der Waals surface area contributed by atoms with Crippen molar-refractivity contribution in [1.82, 2.24) is 0 Å². The molecule has 200 valence electrons. The number of esters is 1. The summed E-state index contributed by atoms with van der Waals surface area (Å²) in [6.45, 7) is 2.75. The van der Waals surface area contributed by atoms with Crippen molar-refractivity contribution in [2.75, 3.05) is 13.6 Å². The smallest absolute Gasteiger partial charge is 0.337 e. The molecule has 0 radical (unpaired) electrons. The van der Waals surface area contributed by atoms with Gasteiger partial charge in [0.05, 0.1) is 18.3 Å². The third-order valence-electron chi connectivity index (χ3n) is 7.33. The van der Waals surface area contributed by atoms with Crippen molar-refractivity contribution in [3.05, 3.63) is 0 Å². The molecule has 0 aromatic carbocycles. The highest BCUT2D eigenvalue weighted by molar-refractivity contribution is 5.75. The second-order valence-corrected chi connectivity index (χ2v) is 10.3. The van der Waals surface area contributed by atoms with E-state index in [1.807, 2.05) is 0 Å². The van der Waals surface area contributed by atoms with Gasteiger partial charge in [-0.25, -0.2) is 4.79 Å². The Morgan fingerprint density at radius 1 is 0.676 bits per heavy atom. The molecule has 34 heavy (non-hydrogen) atoms. The summed E-state index contributed by atoms with van der Waals surface area (Å²) in [6, 6.07) is 0. The zero-order chi connectivity index (χ0) is 24.3. The largest absolute Gasteiger partial charge is 0.437 e. The summed E-state index contributed by atoms with van der Waals surface area (Å²) in [6.07, 6.45) is 23.5. The van der Waals surface area contributed by atoms with Gasteiger partial charge in [0.25, 0.3) is 0 Å². The van der Waals surface area contributed by atoms with Crippen LogP contribution < -0.4 is 0 Å². The summed E-state index contributed by atoms with van der Waals surface area (Å²) in [5, 5.41) is 10.0. The Morgan fingerprint density at radius 2 is 1.18 bits per heavy atom. The van der Waals surface area contributed by atoms with Gasteiger partial charge < -0.3 is 24.1 Å². The quantitative estimate of drug-likeness (QED) is 0.134. The van der Waals surface area contributed by atoms with Crippen molar-refractivity contribution in [2.45, 2.75) is 160 Å². The van der Waals surface area contributed by atoms with Crippen LogP contribution >= 0.6 is 0 Å². The van der Waals surface area contributed by atoms with Crippen LogP contribution in [0.2, 0.25) is 0 Å². The average Bonchev–Trinajstić information content (AvgIpc) is 3.46. The molecule has 4 atom stereocenters. The minimum Gasteiger partial charge on any atom is -0.437 e. The molecule has 0 amide bonds. The summed E-state index contributed by atoms with van der Waals surface area (Å²) in [5.41, 5.74) is 0. The Hall–Kier alpha value is -0.690. The maximum Gasteiger partial charge on any atom is 0.337 e. The number of unbranched alkanes of at least 4 members (excludes halogenated alkanes) is 12. The topological polar surface area (TPSA) is 74.2 Å². The lowest BCUT2D eigenvalue weighted by molar-refractivity contribution is -0.139. The summed E-state index contributed by atoms with van der Waals surface area (Å²) in [5.74, 6) is -0.185. The summed E-state index contributed by atoms with van der Waals surface area (Å²) >= 11 is 0. The third kappa shape index (κ3) is 13.4. The number of cyclic esters (lactones) is 1. The van der Waals surface area contributed by atoms with Crippen molar-refractivity contribution in [2.24, 2.45) is 0 Å². The zero-order valence-electron chi connectivity index (χ0n) is 21.9. The highest BCUT2D eigenvalue weighted by Crippen LogP contribution is 2.24. The number of carbonyl (C=O) groups excluding carboxylic acids is 1. The van der Waals surface area contributed by atoms with Gasteiger partial charge >= 0.3 is 5.97 Å². The highest BCUT2D eigenvalue weighted by atomic mass is 16.7. The fraction of sp³-hybridized carbons (Fsp3) is 0.964. The van der Waals surface area contributed by atoms with Gasteiger partial charge in [-0.3, -0.25) is 0 Å². The van der Waals surface area contributed by atoms with Crippen molar-refractivity contribution < 1.29 is 28.8 Å². The van der Waals surface area contributed by atoms with Gasteiger partial charge in [-0.15, -0.1) is 0 Å². The van der Waals surface area contributed by atoms with E-state index in [4.69, 9.17) is 18.9 Å². The van der Waals surface area contributed by atoms with E-state index >= 15 is 0 Å². The lowest BCUT2D eigenvalue weighted by Crippen LogP contribution is -2.23. The van der Waals surface area contributed by atoms with E-state index in [1.165, 1.54) is 70.6 Å². The predicted octanol–water partition coefficient (Wildman–Crippen LogP) is 6.81. The fourth-order valence-electron chi connectivity index (χ4n) is 5.09. The summed E-state index contributed by atoms with van der Waals surface area (Å²) in [4.78, 5) is 11.3. The molecule has 2 fully saturated rings. The van der Waals surface area contributed by atoms with Crippen LogP contribution in [0.3, 0.4) is 0 Å². The van der Waals surface area contributed by atoms with E-state index in [2.05, 4.69) is 6.92 Å². The zero-order valence-corrected chi connectivity index (χ0v) is 21.9. The number of ether oxygens (including phenoxy) is 4. The molecule has 2 saturated heterocycles. The minimum absolute atomic E-state index is 0.139. The van der Waals surface area contributed by atoms with Gasteiger partial charge in [0.2, 0.25) is 0 Å². The maximum absolute atomic E-state index is 11.3. The molecule has 1 N–H and O–H groups in total. The number of aliphatic hydroxyl groups excluding tert-OH is 1. The number of rotatable bonds is 22. The second-order valence-electron chi connectivity index (χ2n) is 10.3. The molecule has 6 heteroatoms. The Morgan fingerprint density at radius 3 is 1.71 bits per heavy atom. The molecule has 0 aromatic rings. The summed E-state index contributed by atoms with van der Waals surface area (Å²) < 4.78 is 21.7. The lowest BCUT2D eigenvalue weighted by atomic mass is 9.98. The van der Waals surface area contributed by atoms with Crippen LogP contribution in [-0.4, -0.2) is 49.1 Å². The van der Waals surface area contributed by atoms with E-state index in [0.29, 0.717) is 6.79 Å². The van der Waals surface area contributed by atoms with Crippen LogP contribution in [0.4, 0.5) is 0 Å². The standard InChI is InChI=1S/C28H52O6/c1-2-3-17-24(29)18-16-21-26-25(31-22-32-26)19-14-12-10-8-6-4-5-7-9-11-13-15-20-27-28(30)34-23-33-27/h24-27,29H,2-23H2,1H3. The number of hydrogen-bond donors (Lipinski definition) is 1. The molecule has 0 bridgehead atoms. The van der Waals surface area contributed by atoms with Gasteiger partial charge in [0.1, 0.15) is 6.79 Å². The van der Waals surface area contributed by atoms with E-state index in [9.17, 15) is 9.90 Å². The minimum atomic E-state index is -0.305. The molecule has 6 nitrogen and oxygen atoms in total. The molecule has 2 aliphatic rings. The number of aliphatic hydroxyl groups is 1. The monoisotopic (exact) mass is 484 g/mol. The van der Waals surface area contributed by atoms with Gasteiger partial charge in [-0.05, 0) is 38.5 Å². The highest BCUT2D eigenvalue weighted by Gasteiger charge is 2.28. The molecule has 0 aliphatic carbocycles. The van der Waals surface area contributed by atoms with Crippen molar-refractivity contribution in [3.63, 3.8) is 0 Å². The second kappa shape index (κ2) is 19.5. The van der Waals surface area contributed by atoms with Crippen LogP contribution in [-0.2, 0) is 23.7 Å². The Labute approximate surface area is 208 Å². The lowest BCUT2D eigenvalue weighted by Gasteiger charge is -2.17. The van der Waals surface area contributed by atoms with E-state index in [0.717, 1.165) is 57.8 Å². The molecule has 2 heterocycles. The molecule has 4 unspecified atom stereocenters. The molecule has 0 saturated carbocycles. The Balaban J connectivity index is 1.31. The number of hydrogen-bond acceptors (Lipinski definition) is 6. The van der Waals surface area contributed by atoms with Gasteiger partial charge in [-0.2, -0.15) is 0 Å². The molecular weight excluding hydrogens is 432 g/mol. The van der Waals surface area contributed by atoms with Crippen molar-refractivity contribution >= 4 is 5.97 Å². The Kier molecular flexibility index (Phi) is 16.9. The van der Waals surface area contributed by atoms with Crippen molar-refractivity contribution in [1.29, 1.82) is 0 Å². The van der Waals surface area contributed by atoms with Crippen LogP contribution in [0.5, 0.6) is 0 Å². The SMILES string of the molecule is CCCCC(O)CCCC1OCOC1CCCCCCCCCCCCCCC1OCOC1=O. The normalized spacial score (nSPS) is 23.5. The third-order valence-corrected chi connectivity index (χ3v) is 7.33. The van der Waals surface area contributed by atoms with Crippen LogP contribution in [0.25, 0.3) is 0 Å². The van der Waals surface area contributed by atoms with E-state index in [1.54, 1.807) is 0 Å². The average molecular weight is 485 g/mol. The van der Waals surface area contributed by atoms with Gasteiger partial charge in [-0.1, -0.05) is 96.8 Å².